The molecule has 0 aromatic carbocycles. The van der Waals surface area contributed by atoms with Crippen LogP contribution in [0.1, 0.15) is 44.2 Å². The topological polar surface area (TPSA) is 33.1 Å². The van der Waals surface area contributed by atoms with Gasteiger partial charge in [-0.05, 0) is 57.8 Å². The normalized spacial score (nSPS) is 25.9. The van der Waals surface area contributed by atoms with Crippen LogP contribution in [0.5, 0.6) is 0 Å². The maximum absolute atomic E-state index is 4.42. The van der Waals surface area contributed by atoms with Crippen LogP contribution in [0.3, 0.4) is 0 Å². The van der Waals surface area contributed by atoms with Gasteiger partial charge in [-0.3, -0.25) is 0 Å². The monoisotopic (exact) mass is 276 g/mol. The zero-order chi connectivity index (χ0) is 13.8. The smallest absolute Gasteiger partial charge is 0.0948 e. The summed E-state index contributed by atoms with van der Waals surface area (Å²) >= 11 is 0. The third-order valence-corrected chi connectivity index (χ3v) is 5.07. The van der Waals surface area contributed by atoms with Crippen molar-refractivity contribution < 1.29 is 0 Å². The van der Waals surface area contributed by atoms with E-state index in [4.69, 9.17) is 0 Å². The molecule has 20 heavy (non-hydrogen) atoms. The quantitative estimate of drug-likeness (QED) is 0.914. The second-order valence-electron chi connectivity index (χ2n) is 6.39. The molecule has 0 radical (unpaired) electrons. The van der Waals surface area contributed by atoms with Gasteiger partial charge in [-0.1, -0.05) is 6.92 Å². The predicted molar refractivity (Wildman–Crippen MR) is 81.9 cm³/mol. The zero-order valence-corrected chi connectivity index (χ0v) is 12.7. The fourth-order valence-corrected chi connectivity index (χ4v) is 3.69. The summed E-state index contributed by atoms with van der Waals surface area (Å²) in [5, 5.41) is 3.52. The Morgan fingerprint density at radius 2 is 2.15 bits per heavy atom. The van der Waals surface area contributed by atoms with Gasteiger partial charge >= 0.3 is 0 Å². The van der Waals surface area contributed by atoms with Crippen molar-refractivity contribution in [3.05, 3.63) is 18.2 Å². The van der Waals surface area contributed by atoms with Gasteiger partial charge in [-0.15, -0.1) is 0 Å². The van der Waals surface area contributed by atoms with E-state index in [9.17, 15) is 0 Å². The molecule has 3 rings (SSSR count). The van der Waals surface area contributed by atoms with Gasteiger partial charge in [0, 0.05) is 30.9 Å². The Hall–Kier alpha value is -0.870. The number of hydrogen-bond acceptors (Lipinski definition) is 3. The molecule has 2 saturated heterocycles. The largest absolute Gasteiger partial charge is 0.334 e. The molecule has 1 N–H and O–H groups in total. The van der Waals surface area contributed by atoms with Crippen molar-refractivity contribution in [1.29, 1.82) is 0 Å². The van der Waals surface area contributed by atoms with E-state index < -0.39 is 0 Å². The van der Waals surface area contributed by atoms with E-state index in [1.165, 1.54) is 64.1 Å². The minimum absolute atomic E-state index is 0.669. The van der Waals surface area contributed by atoms with Crippen LogP contribution < -0.4 is 5.32 Å². The summed E-state index contributed by atoms with van der Waals surface area (Å²) in [4.78, 5) is 6.98. The first-order valence-corrected chi connectivity index (χ1v) is 8.30. The highest BCUT2D eigenvalue weighted by Crippen LogP contribution is 2.25. The summed E-state index contributed by atoms with van der Waals surface area (Å²) in [6, 6.07) is 0. The molecular formula is C16H28N4. The van der Waals surface area contributed by atoms with Gasteiger partial charge in [0.15, 0.2) is 0 Å². The second kappa shape index (κ2) is 6.72. The van der Waals surface area contributed by atoms with Gasteiger partial charge in [-0.25, -0.2) is 4.98 Å². The van der Waals surface area contributed by atoms with Crippen LogP contribution in [0.15, 0.2) is 12.5 Å². The first-order chi connectivity index (χ1) is 9.86. The van der Waals surface area contributed by atoms with E-state index in [0.717, 1.165) is 12.5 Å². The molecule has 0 amide bonds. The lowest BCUT2D eigenvalue weighted by Crippen LogP contribution is -2.35. The van der Waals surface area contributed by atoms with Crippen molar-refractivity contribution in [1.82, 2.24) is 19.8 Å². The Morgan fingerprint density at radius 3 is 2.85 bits per heavy atom. The van der Waals surface area contributed by atoms with Gasteiger partial charge in [-0.2, -0.15) is 0 Å². The minimum atomic E-state index is 0.669. The Kier molecular flexibility index (Phi) is 4.73. The van der Waals surface area contributed by atoms with Gasteiger partial charge in [0.25, 0.3) is 0 Å². The number of likely N-dealkylation sites (tertiary alicyclic amines) is 1. The average Bonchev–Trinajstić information content (AvgIpc) is 2.97. The van der Waals surface area contributed by atoms with Crippen molar-refractivity contribution in [2.75, 3.05) is 32.7 Å². The van der Waals surface area contributed by atoms with Gasteiger partial charge < -0.3 is 14.8 Å². The number of imidazole rings is 1. The predicted octanol–water partition coefficient (Wildman–Crippen LogP) is 2.08. The molecule has 0 aliphatic carbocycles. The van der Waals surface area contributed by atoms with E-state index in [0.29, 0.717) is 5.92 Å². The molecule has 2 aliphatic heterocycles. The minimum Gasteiger partial charge on any atom is -0.334 e. The Bertz CT molecular complexity index is 400. The lowest BCUT2D eigenvalue weighted by molar-refractivity contribution is 0.180. The van der Waals surface area contributed by atoms with Gasteiger partial charge in [0.2, 0.25) is 0 Å². The van der Waals surface area contributed by atoms with Gasteiger partial charge in [0.1, 0.15) is 0 Å². The third-order valence-electron chi connectivity index (χ3n) is 5.07. The fourth-order valence-electron chi connectivity index (χ4n) is 3.69. The fraction of sp³-hybridized carbons (Fsp3) is 0.812. The van der Waals surface area contributed by atoms with E-state index in [1.807, 2.05) is 0 Å². The maximum Gasteiger partial charge on any atom is 0.0948 e. The molecule has 3 heterocycles. The number of rotatable bonds is 4. The first-order valence-electron chi connectivity index (χ1n) is 8.30. The van der Waals surface area contributed by atoms with Gasteiger partial charge in [0.05, 0.1) is 6.33 Å². The van der Waals surface area contributed by atoms with Crippen LogP contribution >= 0.6 is 0 Å². The standard InChI is InChI=1S/C16H28N4/c1-2-19-8-5-14(6-9-19)12-20-13-18-11-16(20)15-4-3-7-17-10-15/h11,13-15,17H,2-10,12H2,1H3. The molecule has 0 saturated carbocycles. The first kappa shape index (κ1) is 14.1. The Morgan fingerprint density at radius 1 is 1.30 bits per heavy atom. The van der Waals surface area contributed by atoms with Crippen LogP contribution in [0.25, 0.3) is 0 Å². The molecule has 1 aromatic heterocycles. The van der Waals surface area contributed by atoms with Crippen LogP contribution in [0, 0.1) is 5.92 Å². The van der Waals surface area contributed by atoms with Crippen LogP contribution in [-0.4, -0.2) is 47.2 Å². The molecule has 4 heteroatoms. The molecule has 2 fully saturated rings. The number of nitrogens with zero attached hydrogens (tertiary/aromatic N) is 3. The lowest BCUT2D eigenvalue weighted by atomic mass is 9.94. The lowest BCUT2D eigenvalue weighted by Gasteiger charge is -2.32. The SMILES string of the molecule is CCN1CCC(Cn2cncc2C2CCCNC2)CC1. The summed E-state index contributed by atoms with van der Waals surface area (Å²) in [5.74, 6) is 1.50. The molecule has 0 bridgehead atoms. The summed E-state index contributed by atoms with van der Waals surface area (Å²) in [7, 11) is 0. The van der Waals surface area contributed by atoms with Crippen molar-refractivity contribution >= 4 is 0 Å². The highest BCUT2D eigenvalue weighted by molar-refractivity contribution is 5.08. The highest BCUT2D eigenvalue weighted by atomic mass is 15.1. The Labute approximate surface area is 122 Å². The molecule has 1 unspecified atom stereocenters. The van der Waals surface area contributed by atoms with Crippen molar-refractivity contribution in [2.45, 2.75) is 45.1 Å². The van der Waals surface area contributed by atoms with Crippen LogP contribution in [-0.2, 0) is 6.54 Å². The van der Waals surface area contributed by atoms with E-state index in [1.54, 1.807) is 0 Å². The number of nitrogens with one attached hydrogen (secondary N) is 1. The number of aromatic nitrogens is 2. The molecule has 4 nitrogen and oxygen atoms in total. The number of hydrogen-bond donors (Lipinski definition) is 1. The summed E-state index contributed by atoms with van der Waals surface area (Å²) < 4.78 is 2.43. The summed E-state index contributed by atoms with van der Waals surface area (Å²) in [6.45, 7) is 9.50. The molecular weight excluding hydrogens is 248 g/mol. The molecule has 112 valence electrons. The highest BCUT2D eigenvalue weighted by Gasteiger charge is 2.22. The molecule has 2 aliphatic rings. The van der Waals surface area contributed by atoms with E-state index in [2.05, 4.69) is 39.2 Å². The van der Waals surface area contributed by atoms with Crippen LogP contribution in [0.4, 0.5) is 0 Å². The summed E-state index contributed by atoms with van der Waals surface area (Å²) in [5.41, 5.74) is 1.45. The molecule has 1 aromatic rings. The third kappa shape index (κ3) is 3.23. The van der Waals surface area contributed by atoms with Crippen LogP contribution in [0.2, 0.25) is 0 Å². The zero-order valence-electron chi connectivity index (χ0n) is 12.7. The van der Waals surface area contributed by atoms with Crippen molar-refractivity contribution in [2.24, 2.45) is 5.92 Å². The second-order valence-corrected chi connectivity index (χ2v) is 6.39. The van der Waals surface area contributed by atoms with E-state index in [-0.39, 0.29) is 0 Å². The summed E-state index contributed by atoms with van der Waals surface area (Å²) in [6.07, 6.45) is 9.44. The average molecular weight is 276 g/mol. The Balaban J connectivity index is 1.59. The molecule has 0 spiro atoms. The maximum atomic E-state index is 4.42. The molecule has 1 atom stereocenters. The number of piperidine rings is 2. The van der Waals surface area contributed by atoms with Crippen molar-refractivity contribution in [3.63, 3.8) is 0 Å². The van der Waals surface area contributed by atoms with Crippen molar-refractivity contribution in [3.8, 4) is 0 Å². The van der Waals surface area contributed by atoms with E-state index >= 15 is 0 Å².